The third-order valence-corrected chi connectivity index (χ3v) is 4.78. The minimum atomic E-state index is -0.580. The molecule has 8 nitrogen and oxygen atoms in total. The number of halogens is 1. The summed E-state index contributed by atoms with van der Waals surface area (Å²) in [6, 6.07) is 11.6. The number of rotatable bonds is 3. The van der Waals surface area contributed by atoms with Crippen molar-refractivity contribution in [2.45, 2.75) is 6.42 Å². The number of fused-ring (bicyclic) bond motifs is 1. The highest BCUT2D eigenvalue weighted by Crippen LogP contribution is 2.32. The molecule has 0 radical (unpaired) electrons. The van der Waals surface area contributed by atoms with E-state index in [-0.39, 0.29) is 25.7 Å². The van der Waals surface area contributed by atoms with Gasteiger partial charge in [0.25, 0.3) is 5.91 Å². The average Bonchev–Trinajstić information content (AvgIpc) is 3.31. The largest absolute Gasteiger partial charge is 0.454 e. The fourth-order valence-electron chi connectivity index (χ4n) is 3.11. The van der Waals surface area contributed by atoms with Crippen molar-refractivity contribution < 1.29 is 23.9 Å². The number of nitrogens with zero attached hydrogens (tertiary/aromatic N) is 1. The fourth-order valence-corrected chi connectivity index (χ4v) is 3.29. The van der Waals surface area contributed by atoms with E-state index >= 15 is 0 Å². The lowest BCUT2D eigenvalue weighted by Crippen LogP contribution is -2.45. The quantitative estimate of drug-likeness (QED) is 0.765. The van der Waals surface area contributed by atoms with Crippen molar-refractivity contribution in [2.75, 3.05) is 18.2 Å². The van der Waals surface area contributed by atoms with E-state index in [1.807, 2.05) is 0 Å². The number of amides is 3. The maximum Gasteiger partial charge on any atom is 0.269 e. The van der Waals surface area contributed by atoms with Gasteiger partial charge in [-0.25, -0.2) is 0 Å². The molecular weight excluding hydrogens is 386 g/mol. The van der Waals surface area contributed by atoms with Gasteiger partial charge in [0.15, 0.2) is 11.5 Å². The molecule has 2 aliphatic rings. The molecule has 1 unspecified atom stereocenters. The first kappa shape index (κ1) is 18.1. The van der Waals surface area contributed by atoms with Crippen LogP contribution in [0.15, 0.2) is 42.5 Å². The number of hydrogen-bond acceptors (Lipinski definition) is 5. The molecule has 2 heterocycles. The molecule has 2 aromatic carbocycles. The van der Waals surface area contributed by atoms with Gasteiger partial charge in [-0.1, -0.05) is 17.7 Å². The normalized spacial score (nSPS) is 17.5. The molecule has 2 aromatic rings. The summed E-state index contributed by atoms with van der Waals surface area (Å²) in [5.41, 5.74) is 5.69. The molecule has 9 heteroatoms. The van der Waals surface area contributed by atoms with Crippen LogP contribution in [0.3, 0.4) is 0 Å². The SMILES string of the molecule is O=C(NNC(=O)C1CC(=O)N(c2cccc(Cl)c2)C1)c1ccc2c(c1)OCO2. The van der Waals surface area contributed by atoms with Crippen LogP contribution in [0, 0.1) is 5.92 Å². The van der Waals surface area contributed by atoms with Gasteiger partial charge >= 0.3 is 0 Å². The Morgan fingerprint density at radius 2 is 1.89 bits per heavy atom. The molecule has 1 atom stereocenters. The molecule has 1 fully saturated rings. The Balaban J connectivity index is 1.35. The Hall–Kier alpha value is -3.26. The number of ether oxygens (including phenoxy) is 2. The van der Waals surface area contributed by atoms with E-state index in [0.29, 0.717) is 27.8 Å². The van der Waals surface area contributed by atoms with Crippen LogP contribution in [0.4, 0.5) is 5.69 Å². The minimum Gasteiger partial charge on any atom is -0.454 e. The van der Waals surface area contributed by atoms with Gasteiger partial charge in [-0.15, -0.1) is 0 Å². The predicted octanol–water partition coefficient (Wildman–Crippen LogP) is 1.88. The van der Waals surface area contributed by atoms with Gasteiger partial charge < -0.3 is 14.4 Å². The Kier molecular flexibility index (Phi) is 4.79. The summed E-state index contributed by atoms with van der Waals surface area (Å²) >= 11 is 5.97. The molecule has 1 saturated heterocycles. The molecule has 0 aliphatic carbocycles. The summed E-state index contributed by atoms with van der Waals surface area (Å²) in [5.74, 6) is -0.661. The highest BCUT2D eigenvalue weighted by Gasteiger charge is 2.35. The fraction of sp³-hybridized carbons (Fsp3) is 0.211. The van der Waals surface area contributed by atoms with Gasteiger partial charge in [-0.05, 0) is 36.4 Å². The van der Waals surface area contributed by atoms with Crippen molar-refractivity contribution in [1.82, 2.24) is 10.9 Å². The maximum absolute atomic E-state index is 12.4. The summed E-state index contributed by atoms with van der Waals surface area (Å²) in [6.45, 7) is 0.320. The van der Waals surface area contributed by atoms with Crippen LogP contribution >= 0.6 is 11.6 Å². The topological polar surface area (TPSA) is 97.0 Å². The van der Waals surface area contributed by atoms with Crippen LogP contribution in [-0.4, -0.2) is 31.1 Å². The van der Waals surface area contributed by atoms with E-state index < -0.39 is 17.7 Å². The Morgan fingerprint density at radius 3 is 2.71 bits per heavy atom. The van der Waals surface area contributed by atoms with Crippen molar-refractivity contribution in [1.29, 1.82) is 0 Å². The number of hydrogen-bond donors (Lipinski definition) is 2. The van der Waals surface area contributed by atoms with Gasteiger partial charge in [0.05, 0.1) is 5.92 Å². The summed E-state index contributed by atoms with van der Waals surface area (Å²) in [4.78, 5) is 38.4. The summed E-state index contributed by atoms with van der Waals surface area (Å²) in [5, 5.41) is 0.509. The zero-order chi connectivity index (χ0) is 19.7. The summed E-state index contributed by atoms with van der Waals surface area (Å²) in [7, 11) is 0. The molecule has 0 saturated carbocycles. The first-order chi connectivity index (χ1) is 13.5. The second-order valence-corrected chi connectivity index (χ2v) is 6.83. The smallest absolute Gasteiger partial charge is 0.269 e. The predicted molar refractivity (Wildman–Crippen MR) is 100 cm³/mol. The first-order valence-electron chi connectivity index (χ1n) is 8.57. The van der Waals surface area contributed by atoms with E-state index in [2.05, 4.69) is 10.9 Å². The summed E-state index contributed by atoms with van der Waals surface area (Å²) < 4.78 is 10.4. The highest BCUT2D eigenvalue weighted by molar-refractivity contribution is 6.31. The maximum atomic E-state index is 12.4. The first-order valence-corrected chi connectivity index (χ1v) is 8.95. The lowest BCUT2D eigenvalue weighted by Gasteiger charge is -2.17. The van der Waals surface area contributed by atoms with Gasteiger partial charge in [0, 0.05) is 29.2 Å². The van der Waals surface area contributed by atoms with Gasteiger partial charge in [0.2, 0.25) is 18.6 Å². The van der Waals surface area contributed by atoms with E-state index in [0.717, 1.165) is 0 Å². The Morgan fingerprint density at radius 1 is 1.07 bits per heavy atom. The molecule has 28 heavy (non-hydrogen) atoms. The second kappa shape index (κ2) is 7.40. The van der Waals surface area contributed by atoms with Crippen molar-refractivity contribution in [2.24, 2.45) is 5.92 Å². The number of nitrogens with one attached hydrogen (secondary N) is 2. The molecule has 3 amide bonds. The molecule has 2 N–H and O–H groups in total. The Bertz CT molecular complexity index is 964. The highest BCUT2D eigenvalue weighted by atomic mass is 35.5. The van der Waals surface area contributed by atoms with Gasteiger partial charge in [0.1, 0.15) is 0 Å². The van der Waals surface area contributed by atoms with Crippen LogP contribution in [0.25, 0.3) is 0 Å². The number of hydrazine groups is 1. The lowest BCUT2D eigenvalue weighted by atomic mass is 10.1. The third kappa shape index (κ3) is 3.59. The molecule has 0 spiro atoms. The minimum absolute atomic E-state index is 0.0538. The zero-order valence-corrected chi connectivity index (χ0v) is 15.4. The molecule has 2 aliphatic heterocycles. The lowest BCUT2D eigenvalue weighted by molar-refractivity contribution is -0.126. The van der Waals surface area contributed by atoms with E-state index in [1.165, 1.54) is 11.0 Å². The zero-order valence-electron chi connectivity index (χ0n) is 14.6. The number of carbonyl (C=O) groups is 3. The van der Waals surface area contributed by atoms with Crippen LogP contribution in [-0.2, 0) is 9.59 Å². The number of benzene rings is 2. The van der Waals surface area contributed by atoms with Crippen molar-refractivity contribution in [3.05, 3.63) is 53.1 Å². The standard InChI is InChI=1S/C19H16ClN3O5/c20-13-2-1-3-14(8-13)23-9-12(7-17(23)24)19(26)22-21-18(25)11-4-5-15-16(6-11)28-10-27-15/h1-6,8,12H,7,9-10H2,(H,21,25)(H,22,26). The van der Waals surface area contributed by atoms with Crippen molar-refractivity contribution >= 4 is 35.0 Å². The van der Waals surface area contributed by atoms with Crippen molar-refractivity contribution in [3.63, 3.8) is 0 Å². The van der Waals surface area contributed by atoms with Crippen molar-refractivity contribution in [3.8, 4) is 11.5 Å². The molecule has 144 valence electrons. The number of carbonyl (C=O) groups excluding carboxylic acids is 3. The summed E-state index contributed by atoms with van der Waals surface area (Å²) in [6.07, 6.45) is 0.0538. The monoisotopic (exact) mass is 401 g/mol. The number of anilines is 1. The molecular formula is C19H16ClN3O5. The van der Waals surface area contributed by atoms with Crippen LogP contribution < -0.4 is 25.2 Å². The molecule has 0 aromatic heterocycles. The van der Waals surface area contributed by atoms with E-state index in [4.69, 9.17) is 21.1 Å². The second-order valence-electron chi connectivity index (χ2n) is 6.40. The molecule has 4 rings (SSSR count). The Labute approximate surface area is 165 Å². The van der Waals surface area contributed by atoms with Crippen LogP contribution in [0.5, 0.6) is 11.5 Å². The van der Waals surface area contributed by atoms with E-state index in [9.17, 15) is 14.4 Å². The van der Waals surface area contributed by atoms with Crippen LogP contribution in [0.2, 0.25) is 5.02 Å². The van der Waals surface area contributed by atoms with Gasteiger partial charge in [-0.2, -0.15) is 0 Å². The third-order valence-electron chi connectivity index (χ3n) is 4.55. The van der Waals surface area contributed by atoms with Gasteiger partial charge in [-0.3, -0.25) is 25.2 Å². The molecule has 0 bridgehead atoms. The van der Waals surface area contributed by atoms with Crippen LogP contribution in [0.1, 0.15) is 16.8 Å². The average molecular weight is 402 g/mol. The van der Waals surface area contributed by atoms with E-state index in [1.54, 1.807) is 36.4 Å².